The first kappa shape index (κ1) is 17.2. The monoisotopic (exact) mass is 277 g/mol. The van der Waals surface area contributed by atoms with Crippen LogP contribution in [-0.2, 0) is 4.74 Å². The van der Waals surface area contributed by atoms with Crippen molar-refractivity contribution in [2.75, 3.05) is 26.8 Å². The zero-order valence-corrected chi connectivity index (χ0v) is 13.5. The molecule has 114 valence electrons. The highest BCUT2D eigenvalue weighted by Gasteiger charge is 2.12. The molecule has 0 aromatic heterocycles. The highest BCUT2D eigenvalue weighted by atomic mass is 16.5. The van der Waals surface area contributed by atoms with E-state index in [2.05, 4.69) is 43.4 Å². The maximum absolute atomic E-state index is 5.10. The van der Waals surface area contributed by atoms with Gasteiger partial charge in [0.05, 0.1) is 6.61 Å². The minimum atomic E-state index is 0.630. The first-order valence-corrected chi connectivity index (χ1v) is 8.04. The van der Waals surface area contributed by atoms with Crippen molar-refractivity contribution in [1.29, 1.82) is 0 Å². The first-order chi connectivity index (χ1) is 9.79. The van der Waals surface area contributed by atoms with Crippen LogP contribution in [0.2, 0.25) is 0 Å². The van der Waals surface area contributed by atoms with E-state index in [0.29, 0.717) is 5.92 Å². The number of ether oxygens (including phenoxy) is 1. The maximum atomic E-state index is 5.10. The van der Waals surface area contributed by atoms with Gasteiger partial charge in [-0.25, -0.2) is 0 Å². The van der Waals surface area contributed by atoms with Crippen molar-refractivity contribution < 1.29 is 4.74 Å². The molecule has 0 aliphatic rings. The second kappa shape index (κ2) is 10.9. The van der Waals surface area contributed by atoms with Crippen LogP contribution in [0.5, 0.6) is 0 Å². The van der Waals surface area contributed by atoms with Crippen LogP contribution >= 0.6 is 0 Å². The Labute approximate surface area is 124 Å². The van der Waals surface area contributed by atoms with Gasteiger partial charge in [0, 0.05) is 20.2 Å². The molecule has 0 saturated carbocycles. The lowest BCUT2D eigenvalue weighted by Crippen LogP contribution is -2.25. The molecule has 2 nitrogen and oxygen atoms in total. The Balaban J connectivity index is 2.52. The Kier molecular flexibility index (Phi) is 9.35. The van der Waals surface area contributed by atoms with Gasteiger partial charge in [-0.2, -0.15) is 0 Å². The van der Waals surface area contributed by atoms with Crippen LogP contribution in [0, 0.1) is 6.92 Å². The van der Waals surface area contributed by atoms with E-state index in [1.54, 1.807) is 7.11 Å². The van der Waals surface area contributed by atoms with E-state index in [1.807, 2.05) is 0 Å². The quantitative estimate of drug-likeness (QED) is 0.609. The predicted octanol–water partition coefficient (Wildman–Crippen LogP) is 4.29. The number of aryl methyl sites for hydroxylation is 1. The standard InChI is InChI=1S/C18H31NO/c1-4-5-6-7-11-17(15-19-13-14-20-3)18-12-9-8-10-16(18)2/h8-10,12,17,19H,4-7,11,13-15H2,1-3H3. The van der Waals surface area contributed by atoms with E-state index in [0.717, 1.165) is 19.7 Å². The van der Waals surface area contributed by atoms with Crippen LogP contribution in [0.4, 0.5) is 0 Å². The van der Waals surface area contributed by atoms with Gasteiger partial charge in [0.1, 0.15) is 0 Å². The third kappa shape index (κ3) is 6.53. The molecule has 0 saturated heterocycles. The van der Waals surface area contributed by atoms with Crippen molar-refractivity contribution in [3.05, 3.63) is 35.4 Å². The second-order valence-electron chi connectivity index (χ2n) is 5.60. The molecule has 1 rings (SSSR count). The largest absolute Gasteiger partial charge is 0.383 e. The summed E-state index contributed by atoms with van der Waals surface area (Å²) in [6, 6.07) is 8.81. The normalized spacial score (nSPS) is 12.6. The summed E-state index contributed by atoms with van der Waals surface area (Å²) in [5.74, 6) is 0.630. The van der Waals surface area contributed by atoms with Gasteiger partial charge >= 0.3 is 0 Å². The summed E-state index contributed by atoms with van der Waals surface area (Å²) < 4.78 is 5.10. The lowest BCUT2D eigenvalue weighted by atomic mass is 9.90. The average molecular weight is 277 g/mol. The molecule has 0 spiro atoms. The Morgan fingerprint density at radius 3 is 2.65 bits per heavy atom. The van der Waals surface area contributed by atoms with E-state index in [4.69, 9.17) is 4.74 Å². The molecule has 0 fully saturated rings. The average Bonchev–Trinajstić information content (AvgIpc) is 2.46. The molecule has 0 radical (unpaired) electrons. The molecule has 0 bridgehead atoms. The topological polar surface area (TPSA) is 21.3 Å². The molecule has 1 atom stereocenters. The maximum Gasteiger partial charge on any atom is 0.0587 e. The molecule has 20 heavy (non-hydrogen) atoms. The highest BCUT2D eigenvalue weighted by molar-refractivity contribution is 5.29. The van der Waals surface area contributed by atoms with Crippen LogP contribution in [0.3, 0.4) is 0 Å². The Morgan fingerprint density at radius 2 is 1.95 bits per heavy atom. The van der Waals surface area contributed by atoms with Crippen molar-refractivity contribution in [2.24, 2.45) is 0 Å². The number of hydrogen-bond donors (Lipinski definition) is 1. The van der Waals surface area contributed by atoms with E-state index in [9.17, 15) is 0 Å². The lowest BCUT2D eigenvalue weighted by molar-refractivity contribution is 0.198. The van der Waals surface area contributed by atoms with Crippen LogP contribution in [0.15, 0.2) is 24.3 Å². The number of hydrogen-bond acceptors (Lipinski definition) is 2. The second-order valence-corrected chi connectivity index (χ2v) is 5.60. The number of methoxy groups -OCH3 is 1. The molecule has 1 aromatic rings. The zero-order valence-electron chi connectivity index (χ0n) is 13.5. The van der Waals surface area contributed by atoms with Gasteiger partial charge < -0.3 is 10.1 Å². The Hall–Kier alpha value is -0.860. The number of unbranched alkanes of at least 4 members (excludes halogenated alkanes) is 3. The molecule has 0 heterocycles. The van der Waals surface area contributed by atoms with Crippen molar-refractivity contribution in [2.45, 2.75) is 51.9 Å². The molecular weight excluding hydrogens is 246 g/mol. The minimum absolute atomic E-state index is 0.630. The molecule has 0 amide bonds. The Morgan fingerprint density at radius 1 is 1.15 bits per heavy atom. The fourth-order valence-corrected chi connectivity index (χ4v) is 2.68. The summed E-state index contributed by atoms with van der Waals surface area (Å²) in [4.78, 5) is 0. The highest BCUT2D eigenvalue weighted by Crippen LogP contribution is 2.25. The fourth-order valence-electron chi connectivity index (χ4n) is 2.68. The predicted molar refractivity (Wildman–Crippen MR) is 87.4 cm³/mol. The van der Waals surface area contributed by atoms with Gasteiger partial charge in [0.25, 0.3) is 0 Å². The smallest absolute Gasteiger partial charge is 0.0587 e. The summed E-state index contributed by atoms with van der Waals surface area (Å²) in [6.45, 7) is 7.28. The van der Waals surface area contributed by atoms with E-state index < -0.39 is 0 Å². The number of rotatable bonds is 11. The Bertz CT molecular complexity index is 339. The van der Waals surface area contributed by atoms with Gasteiger partial charge in [-0.15, -0.1) is 0 Å². The third-order valence-electron chi connectivity index (χ3n) is 3.91. The number of nitrogens with one attached hydrogen (secondary N) is 1. The van der Waals surface area contributed by atoms with E-state index in [1.165, 1.54) is 43.2 Å². The van der Waals surface area contributed by atoms with Crippen molar-refractivity contribution in [3.8, 4) is 0 Å². The molecule has 1 aromatic carbocycles. The molecule has 1 unspecified atom stereocenters. The van der Waals surface area contributed by atoms with E-state index in [-0.39, 0.29) is 0 Å². The summed E-state index contributed by atoms with van der Waals surface area (Å²) in [6.07, 6.45) is 6.64. The van der Waals surface area contributed by atoms with Gasteiger partial charge in [-0.1, -0.05) is 56.9 Å². The zero-order chi connectivity index (χ0) is 14.6. The van der Waals surface area contributed by atoms with Gasteiger partial charge in [-0.05, 0) is 30.4 Å². The van der Waals surface area contributed by atoms with Crippen molar-refractivity contribution in [1.82, 2.24) is 5.32 Å². The summed E-state index contributed by atoms with van der Waals surface area (Å²) >= 11 is 0. The molecule has 2 heteroatoms. The molecule has 0 aliphatic carbocycles. The van der Waals surface area contributed by atoms with Crippen LogP contribution < -0.4 is 5.32 Å². The summed E-state index contributed by atoms with van der Waals surface area (Å²) in [5, 5.41) is 3.53. The lowest BCUT2D eigenvalue weighted by Gasteiger charge is -2.20. The summed E-state index contributed by atoms with van der Waals surface area (Å²) in [5.41, 5.74) is 2.93. The SMILES string of the molecule is CCCCCCC(CNCCOC)c1ccccc1C. The fraction of sp³-hybridized carbons (Fsp3) is 0.667. The van der Waals surface area contributed by atoms with Crippen LogP contribution in [0.1, 0.15) is 56.1 Å². The molecule has 0 aliphatic heterocycles. The number of benzene rings is 1. The van der Waals surface area contributed by atoms with Crippen LogP contribution in [-0.4, -0.2) is 26.8 Å². The van der Waals surface area contributed by atoms with Crippen molar-refractivity contribution in [3.63, 3.8) is 0 Å². The van der Waals surface area contributed by atoms with Gasteiger partial charge in [0.2, 0.25) is 0 Å². The minimum Gasteiger partial charge on any atom is -0.383 e. The van der Waals surface area contributed by atoms with Crippen LogP contribution in [0.25, 0.3) is 0 Å². The van der Waals surface area contributed by atoms with Crippen molar-refractivity contribution >= 4 is 0 Å². The first-order valence-electron chi connectivity index (χ1n) is 8.04. The third-order valence-corrected chi connectivity index (χ3v) is 3.91. The van der Waals surface area contributed by atoms with Gasteiger partial charge in [0.15, 0.2) is 0 Å². The van der Waals surface area contributed by atoms with E-state index >= 15 is 0 Å². The molecule has 1 N–H and O–H groups in total. The summed E-state index contributed by atoms with van der Waals surface area (Å²) in [7, 11) is 1.76. The van der Waals surface area contributed by atoms with Gasteiger partial charge in [-0.3, -0.25) is 0 Å². The molecular formula is C18H31NO.